The van der Waals surface area contributed by atoms with Crippen molar-refractivity contribution in [2.45, 2.75) is 78.7 Å². The highest BCUT2D eigenvalue weighted by Crippen LogP contribution is 2.41. The van der Waals surface area contributed by atoms with Crippen LogP contribution in [0.3, 0.4) is 0 Å². The Bertz CT molecular complexity index is 688. The van der Waals surface area contributed by atoms with Gasteiger partial charge in [-0.15, -0.1) is 0 Å². The summed E-state index contributed by atoms with van der Waals surface area (Å²) in [6.07, 6.45) is 7.56. The largest absolute Gasteiger partial charge is 0.457 e. The third kappa shape index (κ3) is 6.67. The molecule has 2 nitrogen and oxygen atoms in total. The summed E-state index contributed by atoms with van der Waals surface area (Å²) in [7, 11) is 0. The number of benzene rings is 2. The van der Waals surface area contributed by atoms with E-state index in [-0.39, 0.29) is 11.0 Å². The van der Waals surface area contributed by atoms with Crippen LogP contribution < -0.4 is 10.5 Å². The second-order valence-electron chi connectivity index (χ2n) is 9.27. The Morgan fingerprint density at radius 1 is 0.857 bits per heavy atom. The molecule has 0 amide bonds. The Kier molecular flexibility index (Phi) is 8.12. The van der Waals surface area contributed by atoms with Crippen LogP contribution in [0.25, 0.3) is 0 Å². The van der Waals surface area contributed by atoms with Crippen molar-refractivity contribution in [3.8, 4) is 11.5 Å². The van der Waals surface area contributed by atoms with Crippen molar-refractivity contribution in [1.82, 2.24) is 0 Å². The molecule has 2 unspecified atom stereocenters. The van der Waals surface area contributed by atoms with Crippen LogP contribution in [0.2, 0.25) is 0 Å². The van der Waals surface area contributed by atoms with Gasteiger partial charge >= 0.3 is 0 Å². The summed E-state index contributed by atoms with van der Waals surface area (Å²) < 4.78 is 5.91. The van der Waals surface area contributed by atoms with Crippen LogP contribution in [0.4, 0.5) is 0 Å². The number of rotatable bonds is 11. The molecule has 0 aliphatic heterocycles. The van der Waals surface area contributed by atoms with E-state index < -0.39 is 0 Å². The van der Waals surface area contributed by atoms with E-state index in [0.29, 0.717) is 5.92 Å². The fourth-order valence-electron chi connectivity index (χ4n) is 4.02. The highest BCUT2D eigenvalue weighted by atomic mass is 16.5. The molecule has 28 heavy (non-hydrogen) atoms. The van der Waals surface area contributed by atoms with Crippen LogP contribution in [0, 0.1) is 11.3 Å². The summed E-state index contributed by atoms with van der Waals surface area (Å²) in [5, 5.41) is 0. The fraction of sp³-hybridized carbons (Fsp3) is 0.538. The minimum absolute atomic E-state index is 0.203. The molecule has 0 radical (unpaired) electrons. The maximum absolute atomic E-state index is 6.80. The number of hydrogen-bond donors (Lipinski definition) is 1. The van der Waals surface area contributed by atoms with Crippen LogP contribution in [0.5, 0.6) is 11.5 Å². The summed E-state index contributed by atoms with van der Waals surface area (Å²) in [4.78, 5) is 0. The maximum Gasteiger partial charge on any atom is 0.127 e. The Labute approximate surface area is 172 Å². The van der Waals surface area contributed by atoms with E-state index in [1.807, 2.05) is 42.5 Å². The van der Waals surface area contributed by atoms with E-state index in [4.69, 9.17) is 10.5 Å². The highest BCUT2D eigenvalue weighted by Gasteiger charge is 2.34. The first-order valence-electron chi connectivity index (χ1n) is 10.9. The van der Waals surface area contributed by atoms with Crippen molar-refractivity contribution in [3.63, 3.8) is 0 Å². The molecule has 154 valence electrons. The molecule has 0 bridgehead atoms. The van der Waals surface area contributed by atoms with Gasteiger partial charge in [0.1, 0.15) is 11.5 Å². The zero-order valence-corrected chi connectivity index (χ0v) is 18.5. The number of hydrogen-bond acceptors (Lipinski definition) is 2. The van der Waals surface area contributed by atoms with Gasteiger partial charge in [0.2, 0.25) is 0 Å². The van der Waals surface area contributed by atoms with E-state index in [0.717, 1.165) is 17.9 Å². The average Bonchev–Trinajstić information content (AvgIpc) is 2.65. The summed E-state index contributed by atoms with van der Waals surface area (Å²) in [5.41, 5.74) is 7.81. The first kappa shape index (κ1) is 22.5. The molecule has 2 rings (SSSR count). The Balaban J connectivity index is 1.98. The van der Waals surface area contributed by atoms with Crippen molar-refractivity contribution in [2.75, 3.05) is 0 Å². The van der Waals surface area contributed by atoms with Gasteiger partial charge in [0.15, 0.2) is 0 Å². The zero-order valence-electron chi connectivity index (χ0n) is 18.5. The van der Waals surface area contributed by atoms with E-state index in [1.165, 1.54) is 37.7 Å². The van der Waals surface area contributed by atoms with Gasteiger partial charge in [-0.1, -0.05) is 90.1 Å². The van der Waals surface area contributed by atoms with Gasteiger partial charge in [0.25, 0.3) is 0 Å². The molecule has 0 aliphatic carbocycles. The van der Waals surface area contributed by atoms with Gasteiger partial charge < -0.3 is 10.5 Å². The van der Waals surface area contributed by atoms with Crippen molar-refractivity contribution in [2.24, 2.45) is 17.1 Å². The first-order valence-corrected chi connectivity index (χ1v) is 10.9. The van der Waals surface area contributed by atoms with Gasteiger partial charge in [-0.2, -0.15) is 0 Å². The standard InChI is InChI=1S/C26H39NO/c1-6-7-8-10-13-21(2)25(3,4)20-26(5,27)22-16-18-24(19-17-22)28-23-14-11-9-12-15-23/h9,11-12,14-19,21H,6-8,10,13,20,27H2,1-5H3. The summed E-state index contributed by atoms with van der Waals surface area (Å²) >= 11 is 0. The lowest BCUT2D eigenvalue weighted by Crippen LogP contribution is -2.40. The molecule has 0 aliphatic rings. The predicted octanol–water partition coefficient (Wildman–Crippen LogP) is 7.68. The lowest BCUT2D eigenvalue weighted by atomic mass is 9.68. The van der Waals surface area contributed by atoms with Crippen molar-refractivity contribution >= 4 is 0 Å². The molecule has 0 heterocycles. The minimum Gasteiger partial charge on any atom is -0.457 e. The molecule has 2 atom stereocenters. The molecular weight excluding hydrogens is 342 g/mol. The quantitative estimate of drug-likeness (QED) is 0.405. The van der Waals surface area contributed by atoms with Crippen LogP contribution in [-0.2, 0) is 5.54 Å². The van der Waals surface area contributed by atoms with E-state index in [2.05, 4.69) is 46.8 Å². The van der Waals surface area contributed by atoms with Gasteiger partial charge in [-0.05, 0) is 54.5 Å². The third-order valence-corrected chi connectivity index (χ3v) is 6.14. The van der Waals surface area contributed by atoms with Gasteiger partial charge in [0, 0.05) is 5.54 Å². The normalized spacial score (nSPS) is 15.1. The molecule has 0 spiro atoms. The Morgan fingerprint density at radius 3 is 2.07 bits per heavy atom. The number of unbranched alkanes of at least 4 members (excludes halogenated alkanes) is 3. The Morgan fingerprint density at radius 2 is 1.46 bits per heavy atom. The highest BCUT2D eigenvalue weighted by molar-refractivity contribution is 5.35. The topological polar surface area (TPSA) is 35.2 Å². The van der Waals surface area contributed by atoms with Crippen LogP contribution in [0.15, 0.2) is 54.6 Å². The zero-order chi connectivity index (χ0) is 20.6. The van der Waals surface area contributed by atoms with Gasteiger partial charge in [0.05, 0.1) is 0 Å². The molecule has 0 saturated carbocycles. The predicted molar refractivity (Wildman–Crippen MR) is 121 cm³/mol. The van der Waals surface area contributed by atoms with E-state index in [1.54, 1.807) is 0 Å². The monoisotopic (exact) mass is 381 g/mol. The molecule has 0 aromatic heterocycles. The smallest absolute Gasteiger partial charge is 0.127 e. The van der Waals surface area contributed by atoms with Crippen molar-refractivity contribution in [1.29, 1.82) is 0 Å². The SMILES string of the molecule is CCCCCCC(C)C(C)(C)CC(C)(N)c1ccc(Oc2ccccc2)cc1. The summed E-state index contributed by atoms with van der Waals surface area (Å²) in [5.74, 6) is 2.35. The average molecular weight is 382 g/mol. The lowest BCUT2D eigenvalue weighted by molar-refractivity contribution is 0.152. The van der Waals surface area contributed by atoms with E-state index in [9.17, 15) is 0 Å². The second kappa shape index (κ2) is 10.1. The molecule has 0 saturated heterocycles. The van der Waals surface area contributed by atoms with Gasteiger partial charge in [-0.3, -0.25) is 0 Å². The fourth-order valence-corrected chi connectivity index (χ4v) is 4.02. The Hall–Kier alpha value is -1.80. The van der Waals surface area contributed by atoms with E-state index >= 15 is 0 Å². The minimum atomic E-state index is -0.355. The lowest BCUT2D eigenvalue weighted by Gasteiger charge is -2.39. The molecule has 0 fully saturated rings. The number of ether oxygens (including phenoxy) is 1. The second-order valence-corrected chi connectivity index (χ2v) is 9.27. The molecule has 2 aromatic rings. The first-order chi connectivity index (χ1) is 13.2. The van der Waals surface area contributed by atoms with Crippen LogP contribution >= 0.6 is 0 Å². The van der Waals surface area contributed by atoms with Crippen molar-refractivity contribution in [3.05, 3.63) is 60.2 Å². The third-order valence-electron chi connectivity index (χ3n) is 6.14. The van der Waals surface area contributed by atoms with Crippen molar-refractivity contribution < 1.29 is 4.74 Å². The maximum atomic E-state index is 6.80. The number of nitrogens with two attached hydrogens (primary N) is 1. The van der Waals surface area contributed by atoms with Gasteiger partial charge in [-0.25, -0.2) is 0 Å². The summed E-state index contributed by atoms with van der Waals surface area (Å²) in [6.45, 7) is 11.6. The van der Waals surface area contributed by atoms with Crippen LogP contribution in [0.1, 0.15) is 78.7 Å². The molecule has 2 aromatic carbocycles. The van der Waals surface area contributed by atoms with Crippen LogP contribution in [-0.4, -0.2) is 0 Å². The number of para-hydroxylation sites is 1. The molecular formula is C26H39NO. The molecule has 2 N–H and O–H groups in total. The summed E-state index contributed by atoms with van der Waals surface area (Å²) in [6, 6.07) is 18.1. The molecule has 2 heteroatoms.